The van der Waals surface area contributed by atoms with Gasteiger partial charge in [0.15, 0.2) is 0 Å². The highest BCUT2D eigenvalue weighted by Crippen LogP contribution is 2.46. The summed E-state index contributed by atoms with van der Waals surface area (Å²) in [5, 5.41) is 0. The van der Waals surface area contributed by atoms with E-state index >= 15 is 0 Å². The molecule has 1 aromatic carbocycles. The molecule has 1 aliphatic heterocycles. The highest BCUT2D eigenvalue weighted by atomic mass is 15.1. The van der Waals surface area contributed by atoms with Crippen molar-refractivity contribution < 1.29 is 0 Å². The molecule has 1 saturated heterocycles. The molecular weight excluding hydrogens is 232 g/mol. The van der Waals surface area contributed by atoms with Crippen LogP contribution in [0.15, 0.2) is 18.2 Å². The van der Waals surface area contributed by atoms with Crippen LogP contribution in [0.2, 0.25) is 0 Å². The van der Waals surface area contributed by atoms with Gasteiger partial charge in [-0.05, 0) is 55.2 Å². The third kappa shape index (κ3) is 2.51. The maximum Gasteiger partial charge on any atom is 0.0396 e. The summed E-state index contributed by atoms with van der Waals surface area (Å²) in [4.78, 5) is 2.58. The molecular formula is C17H26N2. The third-order valence-corrected chi connectivity index (χ3v) is 5.33. The monoisotopic (exact) mass is 258 g/mol. The molecule has 2 heteroatoms. The van der Waals surface area contributed by atoms with Gasteiger partial charge >= 0.3 is 0 Å². The molecule has 2 N–H and O–H groups in total. The topological polar surface area (TPSA) is 29.3 Å². The van der Waals surface area contributed by atoms with Crippen LogP contribution in [0.4, 0.5) is 5.69 Å². The fraction of sp³-hybridized carbons (Fsp3) is 0.647. The summed E-state index contributed by atoms with van der Waals surface area (Å²) in [6.07, 6.45) is 8.67. The number of benzene rings is 1. The minimum Gasteiger partial charge on any atom is -0.371 e. The maximum atomic E-state index is 5.71. The molecule has 2 fully saturated rings. The molecule has 0 amide bonds. The van der Waals surface area contributed by atoms with Crippen LogP contribution in [-0.2, 0) is 6.54 Å². The molecule has 3 rings (SSSR count). The molecule has 19 heavy (non-hydrogen) atoms. The van der Waals surface area contributed by atoms with Crippen molar-refractivity contribution >= 4 is 5.69 Å². The number of aryl methyl sites for hydroxylation is 1. The van der Waals surface area contributed by atoms with Gasteiger partial charge in [-0.25, -0.2) is 0 Å². The third-order valence-electron chi connectivity index (χ3n) is 5.33. The Kier molecular flexibility index (Phi) is 3.53. The Hall–Kier alpha value is -1.02. The lowest BCUT2D eigenvalue weighted by atomic mass is 9.77. The van der Waals surface area contributed by atoms with Gasteiger partial charge in [-0.1, -0.05) is 25.0 Å². The Morgan fingerprint density at radius 1 is 1.11 bits per heavy atom. The van der Waals surface area contributed by atoms with Crippen LogP contribution in [0.1, 0.15) is 49.7 Å². The molecule has 0 aromatic heterocycles. The molecule has 1 heterocycles. The average Bonchev–Trinajstić information content (AvgIpc) is 2.88. The maximum absolute atomic E-state index is 5.71. The van der Waals surface area contributed by atoms with Crippen LogP contribution in [0.5, 0.6) is 0 Å². The Bertz CT molecular complexity index is 437. The zero-order valence-corrected chi connectivity index (χ0v) is 12.1. The number of rotatable bonds is 2. The van der Waals surface area contributed by atoms with Crippen molar-refractivity contribution in [1.29, 1.82) is 0 Å². The normalized spacial score (nSPS) is 22.1. The van der Waals surface area contributed by atoms with Gasteiger partial charge in [0.2, 0.25) is 0 Å². The van der Waals surface area contributed by atoms with Crippen molar-refractivity contribution in [2.45, 2.75) is 52.0 Å². The van der Waals surface area contributed by atoms with E-state index in [1.54, 1.807) is 0 Å². The second kappa shape index (κ2) is 5.16. The Labute approximate surface area is 117 Å². The summed E-state index contributed by atoms with van der Waals surface area (Å²) in [6, 6.07) is 6.70. The van der Waals surface area contributed by atoms with Crippen LogP contribution in [0.25, 0.3) is 0 Å². The van der Waals surface area contributed by atoms with Gasteiger partial charge < -0.3 is 10.6 Å². The van der Waals surface area contributed by atoms with Gasteiger partial charge in [0.05, 0.1) is 0 Å². The van der Waals surface area contributed by atoms with Crippen molar-refractivity contribution in [1.82, 2.24) is 0 Å². The molecule has 0 atom stereocenters. The second-order valence-electron chi connectivity index (χ2n) is 6.52. The zero-order valence-electron chi connectivity index (χ0n) is 12.1. The van der Waals surface area contributed by atoms with Gasteiger partial charge in [0, 0.05) is 25.3 Å². The first-order valence-electron chi connectivity index (χ1n) is 7.77. The quantitative estimate of drug-likeness (QED) is 0.878. The summed E-state index contributed by atoms with van der Waals surface area (Å²) in [6.45, 7) is 5.34. The first kappa shape index (κ1) is 13.0. The predicted octanol–water partition coefficient (Wildman–Crippen LogP) is 3.61. The minimum atomic E-state index is 0.643. The predicted molar refractivity (Wildman–Crippen MR) is 81.4 cm³/mol. The van der Waals surface area contributed by atoms with Crippen LogP contribution in [0, 0.1) is 12.3 Å². The molecule has 2 nitrogen and oxygen atoms in total. The van der Waals surface area contributed by atoms with Gasteiger partial charge in [-0.2, -0.15) is 0 Å². The summed E-state index contributed by atoms with van der Waals surface area (Å²) in [7, 11) is 0. The van der Waals surface area contributed by atoms with E-state index in [9.17, 15) is 0 Å². The average molecular weight is 258 g/mol. The SMILES string of the molecule is Cc1cc(CN)ccc1N1CCC2(CCCC2)CC1. The van der Waals surface area contributed by atoms with Crippen LogP contribution < -0.4 is 10.6 Å². The largest absolute Gasteiger partial charge is 0.371 e. The standard InChI is InChI=1S/C17H26N2/c1-14-12-15(13-18)4-5-16(14)19-10-8-17(9-11-19)6-2-3-7-17/h4-5,12H,2-3,6-11,13,18H2,1H3. The van der Waals surface area contributed by atoms with E-state index in [2.05, 4.69) is 30.0 Å². The van der Waals surface area contributed by atoms with Crippen LogP contribution in [-0.4, -0.2) is 13.1 Å². The van der Waals surface area contributed by atoms with Gasteiger partial charge in [0.25, 0.3) is 0 Å². The van der Waals surface area contributed by atoms with Gasteiger partial charge in [-0.3, -0.25) is 0 Å². The van der Waals surface area contributed by atoms with E-state index in [1.807, 2.05) is 0 Å². The molecule has 1 spiro atoms. The first-order valence-corrected chi connectivity index (χ1v) is 7.77. The fourth-order valence-electron chi connectivity index (χ4n) is 4.05. The van der Waals surface area contributed by atoms with Crippen molar-refractivity contribution in [3.05, 3.63) is 29.3 Å². The van der Waals surface area contributed by atoms with Gasteiger partial charge in [0.1, 0.15) is 0 Å². The van der Waals surface area contributed by atoms with E-state index < -0.39 is 0 Å². The summed E-state index contributed by atoms with van der Waals surface area (Å²) in [5.74, 6) is 0. The lowest BCUT2D eigenvalue weighted by Gasteiger charge is -2.41. The Balaban J connectivity index is 1.71. The summed E-state index contributed by atoms with van der Waals surface area (Å²) < 4.78 is 0. The molecule has 1 saturated carbocycles. The van der Waals surface area contributed by atoms with Gasteiger partial charge in [-0.15, -0.1) is 0 Å². The fourth-order valence-corrected chi connectivity index (χ4v) is 4.05. The number of nitrogens with two attached hydrogens (primary N) is 1. The number of hydrogen-bond acceptors (Lipinski definition) is 2. The lowest BCUT2D eigenvalue weighted by molar-refractivity contribution is 0.226. The second-order valence-corrected chi connectivity index (χ2v) is 6.52. The smallest absolute Gasteiger partial charge is 0.0396 e. The van der Waals surface area contributed by atoms with E-state index in [0.717, 1.165) is 0 Å². The minimum absolute atomic E-state index is 0.643. The van der Waals surface area contributed by atoms with E-state index in [-0.39, 0.29) is 0 Å². The van der Waals surface area contributed by atoms with E-state index in [1.165, 1.54) is 68.4 Å². The van der Waals surface area contributed by atoms with Crippen molar-refractivity contribution in [3.63, 3.8) is 0 Å². The Morgan fingerprint density at radius 3 is 2.37 bits per heavy atom. The zero-order chi connectivity index (χ0) is 13.3. The van der Waals surface area contributed by atoms with Crippen molar-refractivity contribution in [3.8, 4) is 0 Å². The lowest BCUT2D eigenvalue weighted by Crippen LogP contribution is -2.39. The van der Waals surface area contributed by atoms with E-state index in [4.69, 9.17) is 5.73 Å². The highest BCUT2D eigenvalue weighted by molar-refractivity contribution is 5.54. The molecule has 1 aromatic rings. The van der Waals surface area contributed by atoms with Crippen LogP contribution in [0.3, 0.4) is 0 Å². The Morgan fingerprint density at radius 2 is 1.79 bits per heavy atom. The van der Waals surface area contributed by atoms with E-state index in [0.29, 0.717) is 12.0 Å². The molecule has 1 aliphatic carbocycles. The number of nitrogens with zero attached hydrogens (tertiary/aromatic N) is 1. The summed E-state index contributed by atoms with van der Waals surface area (Å²) in [5.41, 5.74) is 10.5. The van der Waals surface area contributed by atoms with Crippen LogP contribution >= 0.6 is 0 Å². The first-order chi connectivity index (χ1) is 9.22. The molecule has 0 radical (unpaired) electrons. The molecule has 0 unspecified atom stereocenters. The highest BCUT2D eigenvalue weighted by Gasteiger charge is 2.37. The molecule has 104 valence electrons. The number of piperidine rings is 1. The summed E-state index contributed by atoms with van der Waals surface area (Å²) >= 11 is 0. The number of anilines is 1. The van der Waals surface area contributed by atoms with Crippen molar-refractivity contribution in [2.24, 2.45) is 11.1 Å². The van der Waals surface area contributed by atoms with Crippen molar-refractivity contribution in [2.75, 3.05) is 18.0 Å². The molecule has 0 bridgehead atoms. The number of hydrogen-bond donors (Lipinski definition) is 1. The molecule has 2 aliphatic rings.